The molecule has 6 heteroatoms. The predicted molar refractivity (Wildman–Crippen MR) is 74.5 cm³/mol. The van der Waals surface area contributed by atoms with Crippen molar-refractivity contribution in [2.75, 3.05) is 18.9 Å². The standard InChI is InChI=1S/C14H19FN2O3/c1-14(2,3)8-17(4)13(20)16-11-7-9(12(18)19)5-6-10(11)15/h5-7H,8H2,1-4H3,(H,16,20)(H,18,19). The summed E-state index contributed by atoms with van der Waals surface area (Å²) in [7, 11) is 1.60. The van der Waals surface area contributed by atoms with Crippen LogP contribution in [0.4, 0.5) is 14.9 Å². The lowest BCUT2D eigenvalue weighted by atomic mass is 9.96. The molecule has 1 aromatic carbocycles. The van der Waals surface area contributed by atoms with Crippen molar-refractivity contribution in [1.82, 2.24) is 4.90 Å². The monoisotopic (exact) mass is 282 g/mol. The quantitative estimate of drug-likeness (QED) is 0.895. The van der Waals surface area contributed by atoms with Gasteiger partial charge in [0.2, 0.25) is 0 Å². The lowest BCUT2D eigenvalue weighted by Crippen LogP contribution is -2.37. The maximum Gasteiger partial charge on any atom is 0.335 e. The average Bonchev–Trinajstić information content (AvgIpc) is 2.29. The number of hydrogen-bond acceptors (Lipinski definition) is 2. The van der Waals surface area contributed by atoms with Crippen LogP contribution in [0.2, 0.25) is 0 Å². The number of carboxylic acid groups (broad SMARTS) is 1. The number of rotatable bonds is 3. The Kier molecular flexibility index (Phi) is 4.70. The third-order valence-corrected chi connectivity index (χ3v) is 2.51. The van der Waals surface area contributed by atoms with Crippen molar-refractivity contribution in [2.24, 2.45) is 5.41 Å². The van der Waals surface area contributed by atoms with Crippen LogP contribution in [-0.2, 0) is 0 Å². The number of benzene rings is 1. The first-order valence-corrected chi connectivity index (χ1v) is 6.15. The molecular formula is C14H19FN2O3. The average molecular weight is 282 g/mol. The number of hydrogen-bond donors (Lipinski definition) is 2. The van der Waals surface area contributed by atoms with Crippen LogP contribution in [0.15, 0.2) is 18.2 Å². The van der Waals surface area contributed by atoms with Gasteiger partial charge in [-0.25, -0.2) is 14.0 Å². The Morgan fingerprint density at radius 2 is 1.95 bits per heavy atom. The minimum Gasteiger partial charge on any atom is -0.478 e. The number of nitrogens with one attached hydrogen (secondary N) is 1. The normalized spacial score (nSPS) is 11.1. The highest BCUT2D eigenvalue weighted by atomic mass is 19.1. The van der Waals surface area contributed by atoms with Gasteiger partial charge in [-0.1, -0.05) is 20.8 Å². The topological polar surface area (TPSA) is 69.6 Å². The van der Waals surface area contributed by atoms with Crippen LogP contribution >= 0.6 is 0 Å². The molecule has 0 bridgehead atoms. The second-order valence-electron chi connectivity index (χ2n) is 5.85. The third kappa shape index (κ3) is 4.53. The molecule has 0 fully saturated rings. The second kappa shape index (κ2) is 5.90. The predicted octanol–water partition coefficient (Wildman–Crippen LogP) is 3.03. The van der Waals surface area contributed by atoms with Crippen LogP contribution in [-0.4, -0.2) is 35.6 Å². The number of amides is 2. The summed E-state index contributed by atoms with van der Waals surface area (Å²) in [5.74, 6) is -1.85. The van der Waals surface area contributed by atoms with Gasteiger partial charge in [-0.15, -0.1) is 0 Å². The van der Waals surface area contributed by atoms with Gasteiger partial charge in [0.1, 0.15) is 5.82 Å². The van der Waals surface area contributed by atoms with E-state index in [1.807, 2.05) is 20.8 Å². The Hall–Kier alpha value is -2.11. The zero-order valence-corrected chi connectivity index (χ0v) is 12.0. The van der Waals surface area contributed by atoms with Gasteiger partial charge in [-0.05, 0) is 23.6 Å². The second-order valence-corrected chi connectivity index (χ2v) is 5.85. The summed E-state index contributed by atoms with van der Waals surface area (Å²) < 4.78 is 13.6. The molecule has 0 aliphatic heterocycles. The fourth-order valence-electron chi connectivity index (χ4n) is 1.75. The van der Waals surface area contributed by atoms with Crippen LogP contribution in [0.25, 0.3) is 0 Å². The third-order valence-electron chi connectivity index (χ3n) is 2.51. The molecule has 0 atom stereocenters. The molecule has 1 aromatic rings. The number of anilines is 1. The molecule has 0 saturated heterocycles. The molecule has 0 saturated carbocycles. The van der Waals surface area contributed by atoms with E-state index in [9.17, 15) is 14.0 Å². The molecule has 2 amide bonds. The highest BCUT2D eigenvalue weighted by Crippen LogP contribution is 2.18. The Labute approximate surface area is 117 Å². The van der Waals surface area contributed by atoms with Gasteiger partial charge in [-0.3, -0.25) is 0 Å². The Morgan fingerprint density at radius 1 is 1.35 bits per heavy atom. The molecule has 0 spiro atoms. The lowest BCUT2D eigenvalue weighted by molar-refractivity contribution is 0.0697. The van der Waals surface area contributed by atoms with Gasteiger partial charge in [0.25, 0.3) is 0 Å². The zero-order valence-electron chi connectivity index (χ0n) is 12.0. The van der Waals surface area contributed by atoms with E-state index in [1.165, 1.54) is 4.90 Å². The van der Waals surface area contributed by atoms with Crippen LogP contribution in [0.5, 0.6) is 0 Å². The van der Waals surface area contributed by atoms with Crippen molar-refractivity contribution < 1.29 is 19.1 Å². The summed E-state index contributed by atoms with van der Waals surface area (Å²) >= 11 is 0. The minimum absolute atomic E-state index is 0.0832. The minimum atomic E-state index is -1.18. The van der Waals surface area contributed by atoms with Crippen molar-refractivity contribution in [2.45, 2.75) is 20.8 Å². The van der Waals surface area contributed by atoms with Crippen molar-refractivity contribution in [1.29, 1.82) is 0 Å². The number of urea groups is 1. The molecule has 1 rings (SSSR count). The van der Waals surface area contributed by atoms with Crippen molar-refractivity contribution in [3.8, 4) is 0 Å². The summed E-state index contributed by atoms with van der Waals surface area (Å²) in [6.45, 7) is 6.41. The number of carbonyl (C=O) groups is 2. The van der Waals surface area contributed by atoms with Crippen LogP contribution in [0.3, 0.4) is 0 Å². The van der Waals surface area contributed by atoms with E-state index in [-0.39, 0.29) is 16.7 Å². The molecule has 110 valence electrons. The van der Waals surface area contributed by atoms with Crippen LogP contribution < -0.4 is 5.32 Å². The first-order chi connectivity index (χ1) is 9.10. The van der Waals surface area contributed by atoms with Gasteiger partial charge < -0.3 is 15.3 Å². The summed E-state index contributed by atoms with van der Waals surface area (Å²) in [6.07, 6.45) is 0. The van der Waals surface area contributed by atoms with E-state index in [1.54, 1.807) is 7.05 Å². The highest BCUT2D eigenvalue weighted by molar-refractivity contribution is 5.93. The molecule has 20 heavy (non-hydrogen) atoms. The fraction of sp³-hybridized carbons (Fsp3) is 0.429. The van der Waals surface area contributed by atoms with Crippen molar-refractivity contribution in [3.63, 3.8) is 0 Å². The Balaban J connectivity index is 2.85. The maximum absolute atomic E-state index is 13.6. The molecule has 0 aliphatic rings. The number of halogens is 1. The van der Waals surface area contributed by atoms with E-state index < -0.39 is 17.8 Å². The molecular weight excluding hydrogens is 263 g/mol. The van der Waals surface area contributed by atoms with E-state index in [4.69, 9.17) is 5.11 Å². The molecule has 0 unspecified atom stereocenters. The van der Waals surface area contributed by atoms with Gasteiger partial charge in [0, 0.05) is 13.6 Å². The van der Waals surface area contributed by atoms with E-state index in [0.29, 0.717) is 6.54 Å². The van der Waals surface area contributed by atoms with Gasteiger partial charge in [-0.2, -0.15) is 0 Å². The molecule has 0 heterocycles. The number of carboxylic acids is 1. The SMILES string of the molecule is CN(CC(C)(C)C)C(=O)Nc1cc(C(=O)O)ccc1F. The van der Waals surface area contributed by atoms with Gasteiger partial charge in [0.15, 0.2) is 0 Å². The first kappa shape index (κ1) is 15.9. The largest absolute Gasteiger partial charge is 0.478 e. The smallest absolute Gasteiger partial charge is 0.335 e. The molecule has 0 aliphatic carbocycles. The van der Waals surface area contributed by atoms with Crippen molar-refractivity contribution in [3.05, 3.63) is 29.6 Å². The molecule has 5 nitrogen and oxygen atoms in total. The molecule has 2 N–H and O–H groups in total. The van der Waals surface area contributed by atoms with E-state index in [2.05, 4.69) is 5.32 Å². The van der Waals surface area contributed by atoms with Crippen LogP contribution in [0.1, 0.15) is 31.1 Å². The summed E-state index contributed by atoms with van der Waals surface area (Å²) in [5, 5.41) is 11.2. The highest BCUT2D eigenvalue weighted by Gasteiger charge is 2.19. The molecule has 0 radical (unpaired) electrons. The summed E-state index contributed by atoms with van der Waals surface area (Å²) in [4.78, 5) is 24.2. The van der Waals surface area contributed by atoms with E-state index >= 15 is 0 Å². The van der Waals surface area contributed by atoms with E-state index in [0.717, 1.165) is 18.2 Å². The molecule has 0 aromatic heterocycles. The number of nitrogens with zero attached hydrogens (tertiary/aromatic N) is 1. The van der Waals surface area contributed by atoms with Crippen LogP contribution in [0, 0.1) is 11.2 Å². The summed E-state index contributed by atoms with van der Waals surface area (Å²) in [6, 6.07) is 2.77. The first-order valence-electron chi connectivity index (χ1n) is 6.15. The van der Waals surface area contributed by atoms with Gasteiger partial charge >= 0.3 is 12.0 Å². The Morgan fingerprint density at radius 3 is 2.45 bits per heavy atom. The number of carbonyl (C=O) groups excluding carboxylic acids is 1. The fourth-order valence-corrected chi connectivity index (χ4v) is 1.75. The Bertz CT molecular complexity index is 524. The maximum atomic E-state index is 13.6. The van der Waals surface area contributed by atoms with Gasteiger partial charge in [0.05, 0.1) is 11.3 Å². The number of aromatic carboxylic acids is 1. The summed E-state index contributed by atoms with van der Waals surface area (Å²) in [5.41, 5.74) is -0.316. The van der Waals surface area contributed by atoms with Crippen molar-refractivity contribution >= 4 is 17.7 Å². The zero-order chi connectivity index (χ0) is 15.5. The lowest BCUT2D eigenvalue weighted by Gasteiger charge is -2.26.